The molecule has 0 amide bonds. The molecule has 1 N–H and O–H groups in total. The van der Waals surface area contributed by atoms with Crippen molar-refractivity contribution in [3.8, 4) is 5.75 Å². The molecule has 82 valence electrons. The van der Waals surface area contributed by atoms with Gasteiger partial charge in [0.15, 0.2) is 0 Å². The van der Waals surface area contributed by atoms with Gasteiger partial charge in [0.05, 0.1) is 6.10 Å². The van der Waals surface area contributed by atoms with E-state index in [2.05, 4.69) is 15.9 Å². The number of rotatable bonds is 4. The van der Waals surface area contributed by atoms with Crippen molar-refractivity contribution in [3.63, 3.8) is 0 Å². The standard InChI is InChI=1S/C12H15BrO2/c1-3-4-7-15-12-6-5-10(13)8-11(12)9(2)14/h3-6,8-9,14H,7H2,1-2H3/t9-/m1/s1. The molecule has 2 nitrogen and oxygen atoms in total. The Morgan fingerprint density at radius 2 is 2.27 bits per heavy atom. The highest BCUT2D eigenvalue weighted by molar-refractivity contribution is 9.10. The predicted octanol–water partition coefficient (Wildman–Crippen LogP) is 3.46. The molecule has 0 bridgehead atoms. The minimum Gasteiger partial charge on any atom is -0.489 e. The predicted molar refractivity (Wildman–Crippen MR) is 65.1 cm³/mol. The van der Waals surface area contributed by atoms with Crippen molar-refractivity contribution in [3.05, 3.63) is 40.4 Å². The molecule has 3 heteroatoms. The van der Waals surface area contributed by atoms with E-state index < -0.39 is 6.10 Å². The highest BCUT2D eigenvalue weighted by Gasteiger charge is 2.09. The zero-order chi connectivity index (χ0) is 11.3. The van der Waals surface area contributed by atoms with Gasteiger partial charge in [-0.2, -0.15) is 0 Å². The lowest BCUT2D eigenvalue weighted by atomic mass is 10.1. The first-order chi connectivity index (χ1) is 7.15. The fourth-order valence-electron chi connectivity index (χ4n) is 1.21. The molecule has 0 fully saturated rings. The molecule has 0 radical (unpaired) electrons. The molecule has 1 rings (SSSR count). The van der Waals surface area contributed by atoms with Crippen LogP contribution in [0, 0.1) is 0 Å². The Hall–Kier alpha value is -0.800. The SMILES string of the molecule is CC=CCOc1ccc(Br)cc1[C@@H](C)O. The quantitative estimate of drug-likeness (QED) is 0.850. The maximum absolute atomic E-state index is 9.57. The second-order valence-electron chi connectivity index (χ2n) is 3.24. The third-order valence-electron chi connectivity index (χ3n) is 1.99. The number of benzene rings is 1. The third kappa shape index (κ3) is 3.68. The van der Waals surface area contributed by atoms with Gasteiger partial charge in [0.1, 0.15) is 12.4 Å². The van der Waals surface area contributed by atoms with Gasteiger partial charge in [-0.05, 0) is 32.0 Å². The Balaban J connectivity index is 2.85. The second-order valence-corrected chi connectivity index (χ2v) is 4.15. The van der Waals surface area contributed by atoms with Crippen molar-refractivity contribution in [1.82, 2.24) is 0 Å². The first kappa shape index (κ1) is 12.3. The fraction of sp³-hybridized carbons (Fsp3) is 0.333. The van der Waals surface area contributed by atoms with E-state index in [4.69, 9.17) is 4.74 Å². The number of halogens is 1. The summed E-state index contributed by atoms with van der Waals surface area (Å²) in [4.78, 5) is 0. The van der Waals surface area contributed by atoms with E-state index in [0.717, 1.165) is 15.8 Å². The summed E-state index contributed by atoms with van der Waals surface area (Å²) >= 11 is 3.37. The van der Waals surface area contributed by atoms with Crippen LogP contribution in [-0.2, 0) is 0 Å². The number of hydrogen-bond donors (Lipinski definition) is 1. The molecule has 1 atom stereocenters. The van der Waals surface area contributed by atoms with Gasteiger partial charge in [-0.1, -0.05) is 28.1 Å². The van der Waals surface area contributed by atoms with Gasteiger partial charge < -0.3 is 9.84 Å². The van der Waals surface area contributed by atoms with Gasteiger partial charge in [-0.25, -0.2) is 0 Å². The van der Waals surface area contributed by atoms with Crippen molar-refractivity contribution >= 4 is 15.9 Å². The molecule has 1 aromatic carbocycles. The average Bonchev–Trinajstić information content (AvgIpc) is 2.20. The summed E-state index contributed by atoms with van der Waals surface area (Å²) in [6, 6.07) is 5.63. The van der Waals surface area contributed by atoms with Crippen molar-refractivity contribution in [1.29, 1.82) is 0 Å². The summed E-state index contributed by atoms with van der Waals surface area (Å²) in [5.41, 5.74) is 0.800. The highest BCUT2D eigenvalue weighted by atomic mass is 79.9. The summed E-state index contributed by atoms with van der Waals surface area (Å²) in [5.74, 6) is 0.728. The summed E-state index contributed by atoms with van der Waals surface area (Å²) in [5, 5.41) is 9.57. The lowest BCUT2D eigenvalue weighted by molar-refractivity contribution is 0.193. The number of aliphatic hydroxyl groups excluding tert-OH is 1. The van der Waals surface area contributed by atoms with E-state index in [-0.39, 0.29) is 0 Å². The number of ether oxygens (including phenoxy) is 1. The molecule has 0 heterocycles. The van der Waals surface area contributed by atoms with Crippen LogP contribution in [0.5, 0.6) is 5.75 Å². The molecular formula is C12H15BrO2. The largest absolute Gasteiger partial charge is 0.489 e. The van der Waals surface area contributed by atoms with Gasteiger partial charge in [0, 0.05) is 10.0 Å². The molecule has 0 aliphatic rings. The van der Waals surface area contributed by atoms with Crippen LogP contribution in [0.2, 0.25) is 0 Å². The van der Waals surface area contributed by atoms with E-state index in [0.29, 0.717) is 6.61 Å². The first-order valence-corrected chi connectivity index (χ1v) is 5.66. The van der Waals surface area contributed by atoms with Crippen molar-refractivity contribution in [2.75, 3.05) is 6.61 Å². The van der Waals surface area contributed by atoms with Crippen LogP contribution in [-0.4, -0.2) is 11.7 Å². The Morgan fingerprint density at radius 1 is 1.53 bits per heavy atom. The average molecular weight is 271 g/mol. The van der Waals surface area contributed by atoms with Crippen LogP contribution in [0.4, 0.5) is 0 Å². The van der Waals surface area contributed by atoms with Crippen molar-refractivity contribution in [2.45, 2.75) is 20.0 Å². The van der Waals surface area contributed by atoms with E-state index in [1.54, 1.807) is 6.92 Å². The van der Waals surface area contributed by atoms with Gasteiger partial charge in [-0.3, -0.25) is 0 Å². The maximum Gasteiger partial charge on any atom is 0.125 e. The van der Waals surface area contributed by atoms with Crippen LogP contribution in [0.1, 0.15) is 25.5 Å². The van der Waals surface area contributed by atoms with Gasteiger partial charge in [0.2, 0.25) is 0 Å². The lowest BCUT2D eigenvalue weighted by Crippen LogP contribution is -2.00. The molecule has 0 aliphatic carbocycles. The maximum atomic E-state index is 9.57. The van der Waals surface area contributed by atoms with Crippen LogP contribution in [0.3, 0.4) is 0 Å². The van der Waals surface area contributed by atoms with Gasteiger partial charge in [0.25, 0.3) is 0 Å². The van der Waals surface area contributed by atoms with Crippen LogP contribution < -0.4 is 4.74 Å². The minimum atomic E-state index is -0.525. The summed E-state index contributed by atoms with van der Waals surface area (Å²) in [6.07, 6.45) is 3.33. The number of aliphatic hydroxyl groups is 1. The number of hydrogen-bond acceptors (Lipinski definition) is 2. The molecule has 0 spiro atoms. The fourth-order valence-corrected chi connectivity index (χ4v) is 1.59. The number of allylic oxidation sites excluding steroid dienone is 1. The zero-order valence-corrected chi connectivity index (χ0v) is 10.5. The zero-order valence-electron chi connectivity index (χ0n) is 8.90. The minimum absolute atomic E-state index is 0.525. The highest BCUT2D eigenvalue weighted by Crippen LogP contribution is 2.28. The monoisotopic (exact) mass is 270 g/mol. The molecule has 0 unspecified atom stereocenters. The van der Waals surface area contributed by atoms with Gasteiger partial charge >= 0.3 is 0 Å². The molecule has 0 aromatic heterocycles. The molecule has 1 aromatic rings. The van der Waals surface area contributed by atoms with Crippen LogP contribution in [0.15, 0.2) is 34.8 Å². The lowest BCUT2D eigenvalue weighted by Gasteiger charge is -2.12. The van der Waals surface area contributed by atoms with Crippen molar-refractivity contribution in [2.24, 2.45) is 0 Å². The Kier molecular flexibility index (Phi) is 4.85. The Bertz CT molecular complexity index is 345. The summed E-state index contributed by atoms with van der Waals surface area (Å²) < 4.78 is 6.47. The van der Waals surface area contributed by atoms with Crippen molar-refractivity contribution < 1.29 is 9.84 Å². The van der Waals surface area contributed by atoms with Crippen LogP contribution in [0.25, 0.3) is 0 Å². The van der Waals surface area contributed by atoms with E-state index in [1.807, 2.05) is 37.3 Å². The van der Waals surface area contributed by atoms with E-state index >= 15 is 0 Å². The first-order valence-electron chi connectivity index (χ1n) is 4.86. The summed E-state index contributed by atoms with van der Waals surface area (Å²) in [7, 11) is 0. The molecule has 0 saturated carbocycles. The molecule has 15 heavy (non-hydrogen) atoms. The van der Waals surface area contributed by atoms with Crippen LogP contribution >= 0.6 is 15.9 Å². The smallest absolute Gasteiger partial charge is 0.125 e. The Morgan fingerprint density at radius 3 is 2.87 bits per heavy atom. The normalized spacial score (nSPS) is 13.1. The third-order valence-corrected chi connectivity index (χ3v) is 2.49. The topological polar surface area (TPSA) is 29.5 Å². The second kappa shape index (κ2) is 5.93. The molecule has 0 saturated heterocycles. The molecule has 0 aliphatic heterocycles. The molecular weight excluding hydrogens is 256 g/mol. The van der Waals surface area contributed by atoms with E-state index in [1.165, 1.54) is 0 Å². The Labute approximate surface area is 98.7 Å². The summed E-state index contributed by atoms with van der Waals surface area (Å²) in [6.45, 7) is 4.20. The van der Waals surface area contributed by atoms with Gasteiger partial charge in [-0.15, -0.1) is 0 Å². The van der Waals surface area contributed by atoms with E-state index in [9.17, 15) is 5.11 Å².